The molecule has 2 atom stereocenters. The minimum Gasteiger partial charge on any atom is -0.358 e. The van der Waals surface area contributed by atoms with E-state index in [9.17, 15) is 9.59 Å². The third-order valence-electron chi connectivity index (χ3n) is 2.23. The van der Waals surface area contributed by atoms with Crippen molar-refractivity contribution >= 4 is 11.8 Å². The van der Waals surface area contributed by atoms with Gasteiger partial charge in [0, 0.05) is 13.1 Å². The van der Waals surface area contributed by atoms with Gasteiger partial charge in [0.25, 0.3) is 0 Å². The molecule has 88 valence electrons. The highest BCUT2D eigenvalue weighted by Gasteiger charge is 2.12. The highest BCUT2D eigenvalue weighted by atomic mass is 16.2. The second kappa shape index (κ2) is 7.23. The Morgan fingerprint density at radius 3 is 2.33 bits per heavy atom. The monoisotopic (exact) mass is 215 g/mol. The Bertz CT molecular complexity index is 219. The van der Waals surface area contributed by atoms with Crippen LogP contribution in [0.25, 0.3) is 0 Å². The molecule has 0 spiro atoms. The fraction of sp³-hybridized carbons (Fsp3) is 0.800. The van der Waals surface area contributed by atoms with Crippen molar-refractivity contribution in [1.29, 1.82) is 0 Å². The summed E-state index contributed by atoms with van der Waals surface area (Å²) in [6.45, 7) is 5.83. The second-order valence-electron chi connectivity index (χ2n) is 3.59. The molecule has 0 rings (SSSR count). The van der Waals surface area contributed by atoms with E-state index in [-0.39, 0.29) is 30.4 Å². The Hall–Kier alpha value is -1.10. The van der Waals surface area contributed by atoms with E-state index < -0.39 is 0 Å². The van der Waals surface area contributed by atoms with Crippen molar-refractivity contribution in [3.8, 4) is 0 Å². The van der Waals surface area contributed by atoms with Crippen molar-refractivity contribution in [1.82, 2.24) is 16.0 Å². The average molecular weight is 215 g/mol. The lowest BCUT2D eigenvalue weighted by atomic mass is 10.2. The molecule has 0 aromatic rings. The van der Waals surface area contributed by atoms with Gasteiger partial charge in [0.05, 0.1) is 12.6 Å². The van der Waals surface area contributed by atoms with Crippen molar-refractivity contribution in [3.05, 3.63) is 0 Å². The molecule has 0 radical (unpaired) electrons. The van der Waals surface area contributed by atoms with Gasteiger partial charge in [-0.25, -0.2) is 0 Å². The first-order valence-electron chi connectivity index (χ1n) is 5.25. The van der Waals surface area contributed by atoms with E-state index in [2.05, 4.69) is 16.0 Å². The Morgan fingerprint density at radius 2 is 1.87 bits per heavy atom. The molecule has 0 fully saturated rings. The summed E-state index contributed by atoms with van der Waals surface area (Å²) in [4.78, 5) is 22.4. The maximum absolute atomic E-state index is 11.3. The van der Waals surface area contributed by atoms with E-state index in [1.807, 2.05) is 13.8 Å². The van der Waals surface area contributed by atoms with E-state index >= 15 is 0 Å². The number of carbonyl (C=O) groups excluding carboxylic acids is 2. The quantitative estimate of drug-likeness (QED) is 0.566. The zero-order valence-electron chi connectivity index (χ0n) is 9.89. The number of rotatable bonds is 6. The maximum Gasteiger partial charge on any atom is 0.236 e. The van der Waals surface area contributed by atoms with Crippen LogP contribution in [-0.2, 0) is 9.59 Å². The number of carbonyl (C=O) groups is 2. The van der Waals surface area contributed by atoms with Gasteiger partial charge >= 0.3 is 0 Å². The third kappa shape index (κ3) is 6.06. The number of nitrogens with one attached hydrogen (secondary N) is 3. The molecule has 0 aliphatic carbocycles. The molecule has 2 unspecified atom stereocenters. The van der Waals surface area contributed by atoms with E-state index in [1.54, 1.807) is 14.0 Å². The fourth-order valence-corrected chi connectivity index (χ4v) is 0.983. The van der Waals surface area contributed by atoms with Gasteiger partial charge in [-0.05, 0) is 20.3 Å². The first-order valence-corrected chi connectivity index (χ1v) is 5.25. The van der Waals surface area contributed by atoms with Crippen molar-refractivity contribution in [3.63, 3.8) is 0 Å². The SMILES string of the molecule is CCC(C)NC(=O)CNC(C)C(=O)NC. The van der Waals surface area contributed by atoms with E-state index in [0.29, 0.717) is 0 Å². The fourth-order valence-electron chi connectivity index (χ4n) is 0.983. The summed E-state index contributed by atoms with van der Waals surface area (Å²) in [5.74, 6) is -0.202. The molecule has 5 nitrogen and oxygen atoms in total. The lowest BCUT2D eigenvalue weighted by Gasteiger charge is -2.14. The van der Waals surface area contributed by atoms with Gasteiger partial charge < -0.3 is 10.6 Å². The van der Waals surface area contributed by atoms with Gasteiger partial charge in [0.1, 0.15) is 0 Å². The lowest BCUT2D eigenvalue weighted by molar-refractivity contribution is -0.123. The summed E-state index contributed by atoms with van der Waals surface area (Å²) >= 11 is 0. The first kappa shape index (κ1) is 13.9. The van der Waals surface area contributed by atoms with Crippen LogP contribution in [0.15, 0.2) is 0 Å². The largest absolute Gasteiger partial charge is 0.358 e. The molecule has 5 heteroatoms. The maximum atomic E-state index is 11.3. The van der Waals surface area contributed by atoms with Gasteiger partial charge in [0.2, 0.25) is 11.8 Å². The molecule has 0 aliphatic rings. The molecule has 0 aliphatic heterocycles. The van der Waals surface area contributed by atoms with E-state index in [4.69, 9.17) is 0 Å². The van der Waals surface area contributed by atoms with Crippen LogP contribution in [-0.4, -0.2) is 37.5 Å². The first-order chi connectivity index (χ1) is 7.01. The highest BCUT2D eigenvalue weighted by Crippen LogP contribution is 1.87. The van der Waals surface area contributed by atoms with E-state index in [1.165, 1.54) is 0 Å². The van der Waals surface area contributed by atoms with Crippen LogP contribution in [0.2, 0.25) is 0 Å². The Labute approximate surface area is 91.0 Å². The summed E-state index contributed by atoms with van der Waals surface area (Å²) in [5, 5.41) is 8.15. The second-order valence-corrected chi connectivity index (χ2v) is 3.59. The molecular weight excluding hydrogens is 194 g/mol. The zero-order valence-corrected chi connectivity index (χ0v) is 9.89. The van der Waals surface area contributed by atoms with Crippen molar-refractivity contribution in [2.45, 2.75) is 39.3 Å². The molecule has 0 saturated carbocycles. The molecule has 2 amide bonds. The Balaban J connectivity index is 3.75. The molecule has 3 N–H and O–H groups in total. The topological polar surface area (TPSA) is 70.2 Å². The predicted molar refractivity (Wildman–Crippen MR) is 59.4 cm³/mol. The predicted octanol–water partition coefficient (Wildman–Crippen LogP) is -0.375. The van der Waals surface area contributed by atoms with Crippen molar-refractivity contribution in [2.75, 3.05) is 13.6 Å². The molecule has 0 aromatic carbocycles. The minimum atomic E-state index is -0.349. The van der Waals surface area contributed by atoms with Crippen LogP contribution in [0.1, 0.15) is 27.2 Å². The molecule has 0 heterocycles. The summed E-state index contributed by atoms with van der Waals surface area (Å²) in [7, 11) is 1.57. The average Bonchev–Trinajstić information content (AvgIpc) is 2.24. The third-order valence-corrected chi connectivity index (χ3v) is 2.23. The van der Waals surface area contributed by atoms with Gasteiger partial charge in [-0.2, -0.15) is 0 Å². The normalized spacial score (nSPS) is 14.1. The zero-order chi connectivity index (χ0) is 11.8. The van der Waals surface area contributed by atoms with Crippen LogP contribution in [0, 0.1) is 0 Å². The van der Waals surface area contributed by atoms with Crippen LogP contribution < -0.4 is 16.0 Å². The number of hydrogen-bond donors (Lipinski definition) is 3. The van der Waals surface area contributed by atoms with Crippen LogP contribution >= 0.6 is 0 Å². The summed E-state index contributed by atoms with van der Waals surface area (Å²) in [5.41, 5.74) is 0. The molecule has 0 bridgehead atoms. The number of amides is 2. The molecular formula is C10H21N3O2. The van der Waals surface area contributed by atoms with Crippen LogP contribution in [0.3, 0.4) is 0 Å². The standard InChI is InChI=1S/C10H21N3O2/c1-5-7(2)13-9(14)6-12-8(3)10(15)11-4/h7-8,12H,5-6H2,1-4H3,(H,11,15)(H,13,14). The summed E-state index contributed by atoms with van der Waals surface area (Å²) in [6.07, 6.45) is 0.900. The van der Waals surface area contributed by atoms with Gasteiger partial charge in [0.15, 0.2) is 0 Å². The van der Waals surface area contributed by atoms with Crippen LogP contribution in [0.5, 0.6) is 0 Å². The Morgan fingerprint density at radius 1 is 1.27 bits per heavy atom. The van der Waals surface area contributed by atoms with Gasteiger partial charge in [-0.15, -0.1) is 0 Å². The van der Waals surface area contributed by atoms with Gasteiger partial charge in [-0.3, -0.25) is 14.9 Å². The van der Waals surface area contributed by atoms with Crippen LogP contribution in [0.4, 0.5) is 0 Å². The molecule has 0 aromatic heterocycles. The van der Waals surface area contributed by atoms with Gasteiger partial charge in [-0.1, -0.05) is 6.92 Å². The number of likely N-dealkylation sites (N-methyl/N-ethyl adjacent to an activating group) is 1. The van der Waals surface area contributed by atoms with E-state index in [0.717, 1.165) is 6.42 Å². The summed E-state index contributed by atoms with van der Waals surface area (Å²) in [6, 6.07) is -0.174. The number of hydrogen-bond acceptors (Lipinski definition) is 3. The smallest absolute Gasteiger partial charge is 0.236 e. The van der Waals surface area contributed by atoms with Crippen molar-refractivity contribution in [2.24, 2.45) is 0 Å². The summed E-state index contributed by atoms with van der Waals surface area (Å²) < 4.78 is 0. The lowest BCUT2D eigenvalue weighted by Crippen LogP contribution is -2.46. The molecule has 0 saturated heterocycles. The molecule has 15 heavy (non-hydrogen) atoms. The van der Waals surface area contributed by atoms with Crippen molar-refractivity contribution < 1.29 is 9.59 Å². The minimum absolute atomic E-state index is 0.0832. The highest BCUT2D eigenvalue weighted by molar-refractivity contribution is 5.83. The Kier molecular flexibility index (Phi) is 6.70.